The first-order valence-corrected chi connectivity index (χ1v) is 9.42. The van der Waals surface area contributed by atoms with Crippen LogP contribution in [0.5, 0.6) is 0 Å². The van der Waals surface area contributed by atoms with Gasteiger partial charge < -0.3 is 19.6 Å². The van der Waals surface area contributed by atoms with Crippen molar-refractivity contribution in [2.75, 3.05) is 7.11 Å². The van der Waals surface area contributed by atoms with E-state index in [9.17, 15) is 5.11 Å². The number of hydrogen-bond donors (Lipinski definition) is 2. The minimum absolute atomic E-state index is 0.186. The average Bonchev–Trinajstić information content (AvgIpc) is 2.99. The van der Waals surface area contributed by atoms with Crippen LogP contribution in [0.3, 0.4) is 0 Å². The number of para-hydroxylation sites is 1. The van der Waals surface area contributed by atoms with Crippen LogP contribution < -0.4 is 0 Å². The molecular formula is C20H24N2O3. The Kier molecular flexibility index (Phi) is 2.86. The number of ether oxygens (including phenoxy) is 2. The van der Waals surface area contributed by atoms with E-state index in [-0.39, 0.29) is 12.2 Å². The molecule has 5 aliphatic heterocycles. The van der Waals surface area contributed by atoms with Gasteiger partial charge in [0.05, 0.1) is 6.04 Å². The first-order chi connectivity index (χ1) is 12.2. The Morgan fingerprint density at radius 2 is 2.12 bits per heavy atom. The average molecular weight is 340 g/mol. The number of aliphatic hydroxyl groups excluding tert-OH is 1. The Hall–Kier alpha value is -1.40. The minimum Gasteiger partial charge on any atom is -0.368 e. The fourth-order valence-corrected chi connectivity index (χ4v) is 6.61. The summed E-state index contributed by atoms with van der Waals surface area (Å²) in [4.78, 5) is 6.37. The van der Waals surface area contributed by atoms with Crippen molar-refractivity contribution in [2.45, 2.75) is 50.5 Å². The van der Waals surface area contributed by atoms with Gasteiger partial charge in [0.25, 0.3) is 0 Å². The number of piperidine rings is 3. The van der Waals surface area contributed by atoms with E-state index in [0.29, 0.717) is 30.0 Å². The molecule has 4 saturated heterocycles. The molecule has 0 spiro atoms. The first kappa shape index (κ1) is 14.7. The van der Waals surface area contributed by atoms with E-state index in [4.69, 9.17) is 9.47 Å². The molecule has 132 valence electrons. The summed E-state index contributed by atoms with van der Waals surface area (Å²) in [6, 6.07) is 9.80. The van der Waals surface area contributed by atoms with Crippen molar-refractivity contribution >= 4 is 10.9 Å². The third kappa shape index (κ3) is 1.68. The Balaban J connectivity index is 1.52. The maximum Gasteiger partial charge on any atom is 0.164 e. The Bertz CT molecular complexity index is 849. The van der Waals surface area contributed by atoms with Crippen LogP contribution in [0.15, 0.2) is 24.3 Å². The molecule has 5 heteroatoms. The van der Waals surface area contributed by atoms with Gasteiger partial charge in [-0.05, 0) is 37.3 Å². The van der Waals surface area contributed by atoms with Crippen LogP contribution in [0, 0.1) is 17.8 Å². The molecule has 0 saturated carbocycles. The highest BCUT2D eigenvalue weighted by Gasteiger charge is 2.64. The molecule has 2 aromatic rings. The van der Waals surface area contributed by atoms with Crippen LogP contribution in [0.1, 0.15) is 30.6 Å². The maximum atomic E-state index is 10.7. The van der Waals surface area contributed by atoms with E-state index in [1.54, 1.807) is 7.11 Å². The topological polar surface area (TPSA) is 57.7 Å². The lowest BCUT2D eigenvalue weighted by atomic mass is 9.58. The van der Waals surface area contributed by atoms with E-state index in [2.05, 4.69) is 41.1 Å². The molecule has 25 heavy (non-hydrogen) atoms. The lowest BCUT2D eigenvalue weighted by Gasteiger charge is -2.66. The summed E-state index contributed by atoms with van der Waals surface area (Å²) in [5, 5.41) is 12.1. The lowest BCUT2D eigenvalue weighted by molar-refractivity contribution is -0.355. The zero-order chi connectivity index (χ0) is 16.9. The number of rotatable bonds is 1. The fraction of sp³-hybridized carbons (Fsp3) is 0.600. The van der Waals surface area contributed by atoms with Crippen LogP contribution in [0.4, 0.5) is 0 Å². The molecule has 5 aliphatic rings. The van der Waals surface area contributed by atoms with Crippen molar-refractivity contribution in [3.63, 3.8) is 0 Å². The summed E-state index contributed by atoms with van der Waals surface area (Å²) in [6.07, 6.45) is 1.05. The molecule has 1 aromatic carbocycles. The van der Waals surface area contributed by atoms with Gasteiger partial charge in [0.2, 0.25) is 0 Å². The molecule has 9 atom stereocenters. The molecule has 7 rings (SSSR count). The van der Waals surface area contributed by atoms with Crippen LogP contribution in [0.25, 0.3) is 10.9 Å². The van der Waals surface area contributed by atoms with Crippen LogP contribution >= 0.6 is 0 Å². The molecule has 5 nitrogen and oxygen atoms in total. The summed E-state index contributed by atoms with van der Waals surface area (Å²) in [6.45, 7) is 2.31. The number of nitrogens with one attached hydrogen (secondary N) is 1. The quantitative estimate of drug-likeness (QED) is 0.837. The van der Waals surface area contributed by atoms with E-state index >= 15 is 0 Å². The van der Waals surface area contributed by atoms with Gasteiger partial charge in [0.1, 0.15) is 0 Å². The number of aromatic amines is 1. The molecule has 6 heterocycles. The lowest BCUT2D eigenvalue weighted by Crippen LogP contribution is -2.73. The first-order valence-electron chi connectivity index (χ1n) is 9.42. The monoisotopic (exact) mass is 340 g/mol. The summed E-state index contributed by atoms with van der Waals surface area (Å²) < 4.78 is 11.5. The Morgan fingerprint density at radius 1 is 1.28 bits per heavy atom. The minimum atomic E-state index is -0.723. The molecule has 2 unspecified atom stereocenters. The van der Waals surface area contributed by atoms with Crippen LogP contribution in [0.2, 0.25) is 0 Å². The molecule has 0 radical (unpaired) electrons. The molecule has 1 aromatic heterocycles. The third-order valence-electron chi connectivity index (χ3n) is 7.44. The van der Waals surface area contributed by atoms with Crippen molar-refractivity contribution in [3.8, 4) is 0 Å². The van der Waals surface area contributed by atoms with Gasteiger partial charge >= 0.3 is 0 Å². The summed E-state index contributed by atoms with van der Waals surface area (Å²) >= 11 is 0. The Labute approximate surface area is 146 Å². The standard InChI is InChI=1S/C20H24N2O3/c1-9-16-12-8-15-18-11(10-5-3-4-6-13(10)21-18)7-14(22(9)15)17(12)19(23)25-20(16)24-2/h3-6,9,12,14-17,19-21,23H,7-8H2,1-2H3/t9?,12-,14-,15-,16-,17-,19+,20+/m0/s1. The zero-order valence-corrected chi connectivity index (χ0v) is 14.6. The van der Waals surface area contributed by atoms with Gasteiger partial charge in [-0.2, -0.15) is 0 Å². The fourth-order valence-electron chi connectivity index (χ4n) is 6.61. The van der Waals surface area contributed by atoms with Gasteiger partial charge in [0, 0.05) is 47.6 Å². The van der Waals surface area contributed by atoms with Crippen LogP contribution in [-0.4, -0.2) is 46.8 Å². The van der Waals surface area contributed by atoms with Gasteiger partial charge in [-0.1, -0.05) is 18.2 Å². The maximum absolute atomic E-state index is 10.7. The van der Waals surface area contributed by atoms with Gasteiger partial charge in [0.15, 0.2) is 12.6 Å². The van der Waals surface area contributed by atoms with E-state index in [1.165, 1.54) is 22.2 Å². The normalized spacial score (nSPS) is 47.1. The van der Waals surface area contributed by atoms with Gasteiger partial charge in [-0.25, -0.2) is 0 Å². The highest BCUT2D eigenvalue weighted by molar-refractivity contribution is 5.85. The molecule has 6 bridgehead atoms. The second-order valence-corrected chi connectivity index (χ2v) is 8.22. The number of hydrogen-bond acceptors (Lipinski definition) is 4. The van der Waals surface area contributed by atoms with Crippen LogP contribution in [-0.2, 0) is 15.9 Å². The molecule has 2 N–H and O–H groups in total. The SMILES string of the molecule is CO[C@@H]1O[C@@H](O)[C@H]2[C@H]3C[C@H]4c5[nH]c6ccccc6c5C[C@@H]2N4C(C)[C@H]13. The molecule has 0 amide bonds. The van der Waals surface area contributed by atoms with Crippen molar-refractivity contribution < 1.29 is 14.6 Å². The zero-order valence-electron chi connectivity index (χ0n) is 14.6. The van der Waals surface area contributed by atoms with E-state index in [1.807, 2.05) is 0 Å². The second kappa shape index (κ2) is 4.86. The predicted molar refractivity (Wildman–Crippen MR) is 92.8 cm³/mol. The van der Waals surface area contributed by atoms with E-state index < -0.39 is 6.29 Å². The molecule has 4 fully saturated rings. The molecule has 0 aliphatic carbocycles. The largest absolute Gasteiger partial charge is 0.368 e. The summed E-state index contributed by atoms with van der Waals surface area (Å²) in [5.41, 5.74) is 4.09. The third-order valence-corrected chi connectivity index (χ3v) is 7.44. The van der Waals surface area contributed by atoms with Crippen molar-refractivity contribution in [2.24, 2.45) is 17.8 Å². The van der Waals surface area contributed by atoms with Gasteiger partial charge in [-0.3, -0.25) is 4.90 Å². The van der Waals surface area contributed by atoms with Crippen molar-refractivity contribution in [1.82, 2.24) is 9.88 Å². The predicted octanol–water partition coefficient (Wildman–Crippen LogP) is 2.41. The van der Waals surface area contributed by atoms with Gasteiger partial charge in [-0.15, -0.1) is 0 Å². The summed E-state index contributed by atoms with van der Waals surface area (Å²) in [5.74, 6) is 0.991. The highest BCUT2D eigenvalue weighted by Crippen LogP contribution is 2.60. The number of benzene rings is 1. The number of methoxy groups -OCH3 is 1. The van der Waals surface area contributed by atoms with E-state index in [0.717, 1.165) is 12.8 Å². The second-order valence-electron chi connectivity index (χ2n) is 8.22. The Morgan fingerprint density at radius 3 is 2.96 bits per heavy atom. The number of fused-ring (bicyclic) bond motifs is 3. The molecular weight excluding hydrogens is 316 g/mol. The number of aliphatic hydroxyl groups is 1. The number of nitrogens with zero attached hydrogens (tertiary/aromatic N) is 1. The van der Waals surface area contributed by atoms with Crippen molar-refractivity contribution in [1.29, 1.82) is 0 Å². The highest BCUT2D eigenvalue weighted by atomic mass is 16.7. The number of H-pyrrole nitrogens is 1. The summed E-state index contributed by atoms with van der Waals surface area (Å²) in [7, 11) is 1.69. The number of aromatic nitrogens is 1. The van der Waals surface area contributed by atoms with Crippen molar-refractivity contribution in [3.05, 3.63) is 35.5 Å². The smallest absolute Gasteiger partial charge is 0.164 e.